The van der Waals surface area contributed by atoms with Gasteiger partial charge in [-0.1, -0.05) is 55.8 Å². The highest BCUT2D eigenvalue weighted by atomic mass is 32.2. The summed E-state index contributed by atoms with van der Waals surface area (Å²) in [6.45, 7) is 2.49. The molecule has 0 radical (unpaired) electrons. The van der Waals surface area contributed by atoms with E-state index >= 15 is 0 Å². The first-order valence-electron chi connectivity index (χ1n) is 9.44. The minimum absolute atomic E-state index is 0.336. The molecule has 0 bridgehead atoms. The molecule has 0 atom stereocenters. The van der Waals surface area contributed by atoms with Crippen LogP contribution in [0, 0.1) is 0 Å². The lowest BCUT2D eigenvalue weighted by Gasteiger charge is -2.14. The van der Waals surface area contributed by atoms with E-state index in [9.17, 15) is 4.79 Å². The molecule has 3 rings (SSSR count). The molecule has 0 fully saturated rings. The molecule has 0 spiro atoms. The van der Waals surface area contributed by atoms with Gasteiger partial charge in [0.2, 0.25) is 4.90 Å². The van der Waals surface area contributed by atoms with Crippen molar-refractivity contribution in [1.82, 2.24) is 0 Å². The number of methoxy groups -OCH3 is 1. The summed E-state index contributed by atoms with van der Waals surface area (Å²) in [4.78, 5) is 16.0. The summed E-state index contributed by atoms with van der Waals surface area (Å²) in [5, 5.41) is 0. The average Bonchev–Trinajstić information content (AvgIpc) is 2.75. The zero-order chi connectivity index (χ0) is 19.8. The fourth-order valence-electron chi connectivity index (χ4n) is 2.94. The van der Waals surface area contributed by atoms with Crippen molar-refractivity contribution in [3.8, 4) is 5.75 Å². The van der Waals surface area contributed by atoms with E-state index in [1.165, 1.54) is 9.79 Å². The Bertz CT molecular complexity index is 855. The second kappa shape index (κ2) is 10.00. The number of esters is 1. The standard InChI is InChI=1S/C24H25O3S/c1-3-4-18-27-24(25)21-16-11-17-22(23(21)26-2)28(19-12-7-5-8-13-19)20-14-9-6-10-15-20/h5-17H,3-4,18H2,1-2H3/q+1. The highest BCUT2D eigenvalue weighted by Gasteiger charge is 2.34. The fourth-order valence-corrected chi connectivity index (χ4v) is 5.17. The van der Waals surface area contributed by atoms with E-state index in [1.807, 2.05) is 48.5 Å². The van der Waals surface area contributed by atoms with Crippen LogP contribution in [0.2, 0.25) is 0 Å². The molecule has 0 saturated heterocycles. The van der Waals surface area contributed by atoms with Crippen molar-refractivity contribution in [3.05, 3.63) is 84.4 Å². The lowest BCUT2D eigenvalue weighted by molar-refractivity contribution is 0.0495. The van der Waals surface area contributed by atoms with Crippen molar-refractivity contribution in [3.63, 3.8) is 0 Å². The molecular formula is C24H25O3S+. The average molecular weight is 394 g/mol. The van der Waals surface area contributed by atoms with Crippen molar-refractivity contribution >= 4 is 16.9 Å². The second-order valence-corrected chi connectivity index (χ2v) is 8.25. The van der Waals surface area contributed by atoms with Crippen LogP contribution in [0.5, 0.6) is 5.75 Å². The third-order valence-corrected chi connectivity index (χ3v) is 6.56. The van der Waals surface area contributed by atoms with Crippen LogP contribution in [-0.2, 0) is 15.6 Å². The van der Waals surface area contributed by atoms with Crippen LogP contribution in [0.1, 0.15) is 30.1 Å². The number of carbonyl (C=O) groups is 1. The summed E-state index contributed by atoms with van der Waals surface area (Å²) >= 11 is 0. The van der Waals surface area contributed by atoms with Gasteiger partial charge in [-0.05, 0) is 42.8 Å². The Morgan fingerprint density at radius 3 is 2.00 bits per heavy atom. The highest BCUT2D eigenvalue weighted by molar-refractivity contribution is 7.97. The molecule has 3 aromatic carbocycles. The molecule has 0 unspecified atom stereocenters. The Morgan fingerprint density at radius 2 is 1.46 bits per heavy atom. The minimum atomic E-state index is -0.393. The monoisotopic (exact) mass is 393 g/mol. The summed E-state index contributed by atoms with van der Waals surface area (Å²) < 4.78 is 11.2. The van der Waals surface area contributed by atoms with Gasteiger partial charge in [0.05, 0.1) is 13.7 Å². The Labute approximate surface area is 169 Å². The topological polar surface area (TPSA) is 35.5 Å². The van der Waals surface area contributed by atoms with Gasteiger partial charge in [-0.2, -0.15) is 0 Å². The normalized spacial score (nSPS) is 10.7. The first kappa shape index (κ1) is 20.0. The third kappa shape index (κ3) is 4.57. The van der Waals surface area contributed by atoms with Crippen molar-refractivity contribution in [2.45, 2.75) is 34.5 Å². The molecule has 3 nitrogen and oxygen atoms in total. The first-order chi connectivity index (χ1) is 13.8. The molecular weight excluding hydrogens is 368 g/mol. The van der Waals surface area contributed by atoms with E-state index in [0.717, 1.165) is 17.7 Å². The quantitative estimate of drug-likeness (QED) is 0.278. The number of unbranched alkanes of at least 4 members (excludes halogenated alkanes) is 1. The fraction of sp³-hybridized carbons (Fsp3) is 0.208. The summed E-state index contributed by atoms with van der Waals surface area (Å²) in [7, 11) is 1.22. The maximum atomic E-state index is 12.6. The molecule has 0 aliphatic rings. The number of ether oxygens (including phenoxy) is 2. The molecule has 144 valence electrons. The highest BCUT2D eigenvalue weighted by Crippen LogP contribution is 2.38. The largest absolute Gasteiger partial charge is 0.491 e. The second-order valence-electron chi connectivity index (χ2n) is 6.26. The van der Waals surface area contributed by atoms with Crippen molar-refractivity contribution < 1.29 is 14.3 Å². The van der Waals surface area contributed by atoms with Gasteiger partial charge in [0.15, 0.2) is 15.5 Å². The van der Waals surface area contributed by atoms with E-state index in [0.29, 0.717) is 17.9 Å². The predicted octanol–water partition coefficient (Wildman–Crippen LogP) is 5.75. The number of rotatable bonds is 8. The summed E-state index contributed by atoms with van der Waals surface area (Å²) in [5.74, 6) is 0.247. The van der Waals surface area contributed by atoms with Gasteiger partial charge in [0, 0.05) is 0 Å². The molecule has 0 heterocycles. The Balaban J connectivity index is 2.08. The van der Waals surface area contributed by atoms with Gasteiger partial charge in [-0.3, -0.25) is 0 Å². The first-order valence-corrected chi connectivity index (χ1v) is 10.7. The molecule has 4 heteroatoms. The lowest BCUT2D eigenvalue weighted by Crippen LogP contribution is -2.12. The summed E-state index contributed by atoms with van der Waals surface area (Å²) in [6, 6.07) is 26.3. The molecule has 28 heavy (non-hydrogen) atoms. The summed E-state index contributed by atoms with van der Waals surface area (Å²) in [6.07, 6.45) is 1.84. The summed E-state index contributed by atoms with van der Waals surface area (Å²) in [5.41, 5.74) is 0.473. The molecule has 0 saturated carbocycles. The Kier molecular flexibility index (Phi) is 7.15. The molecule has 0 aliphatic carbocycles. The van der Waals surface area contributed by atoms with Gasteiger partial charge >= 0.3 is 5.97 Å². The number of hydrogen-bond donors (Lipinski definition) is 0. The van der Waals surface area contributed by atoms with Gasteiger partial charge in [0.1, 0.15) is 16.5 Å². The molecule has 0 aromatic heterocycles. The van der Waals surface area contributed by atoms with Gasteiger partial charge in [0.25, 0.3) is 0 Å². The Hall–Kier alpha value is -2.72. The zero-order valence-electron chi connectivity index (χ0n) is 16.3. The van der Waals surface area contributed by atoms with Gasteiger partial charge < -0.3 is 9.47 Å². The van der Waals surface area contributed by atoms with E-state index in [1.54, 1.807) is 13.2 Å². The smallest absolute Gasteiger partial charge is 0.342 e. The van der Waals surface area contributed by atoms with Crippen LogP contribution < -0.4 is 4.74 Å². The lowest BCUT2D eigenvalue weighted by atomic mass is 10.2. The minimum Gasteiger partial charge on any atom is -0.491 e. The van der Waals surface area contributed by atoms with Gasteiger partial charge in [-0.15, -0.1) is 0 Å². The number of carbonyl (C=O) groups excluding carboxylic acids is 1. The number of hydrogen-bond acceptors (Lipinski definition) is 3. The van der Waals surface area contributed by atoms with E-state index in [-0.39, 0.29) is 5.97 Å². The number of benzene rings is 3. The number of para-hydroxylation sites is 1. The van der Waals surface area contributed by atoms with Crippen LogP contribution in [0.15, 0.2) is 93.5 Å². The van der Waals surface area contributed by atoms with Crippen LogP contribution in [0.25, 0.3) is 0 Å². The Morgan fingerprint density at radius 1 is 0.857 bits per heavy atom. The SMILES string of the molecule is CCCCOC(=O)c1cccc([S+](c2ccccc2)c2ccccc2)c1OC. The van der Waals surface area contributed by atoms with Crippen molar-refractivity contribution in [2.24, 2.45) is 0 Å². The van der Waals surface area contributed by atoms with E-state index in [2.05, 4.69) is 31.2 Å². The molecule has 0 N–H and O–H groups in total. The molecule has 0 aliphatic heterocycles. The van der Waals surface area contributed by atoms with Crippen LogP contribution >= 0.6 is 0 Å². The maximum absolute atomic E-state index is 12.6. The zero-order valence-corrected chi connectivity index (χ0v) is 17.1. The maximum Gasteiger partial charge on any atom is 0.342 e. The van der Waals surface area contributed by atoms with Crippen molar-refractivity contribution in [2.75, 3.05) is 13.7 Å². The molecule has 3 aromatic rings. The van der Waals surface area contributed by atoms with Crippen LogP contribution in [-0.4, -0.2) is 19.7 Å². The van der Waals surface area contributed by atoms with Crippen molar-refractivity contribution in [1.29, 1.82) is 0 Å². The van der Waals surface area contributed by atoms with Crippen LogP contribution in [0.4, 0.5) is 0 Å². The third-order valence-electron chi connectivity index (χ3n) is 4.31. The van der Waals surface area contributed by atoms with Gasteiger partial charge in [-0.25, -0.2) is 4.79 Å². The van der Waals surface area contributed by atoms with Crippen LogP contribution in [0.3, 0.4) is 0 Å². The predicted molar refractivity (Wildman–Crippen MR) is 113 cm³/mol. The molecule has 0 amide bonds. The van der Waals surface area contributed by atoms with E-state index in [4.69, 9.17) is 9.47 Å². The van der Waals surface area contributed by atoms with E-state index < -0.39 is 10.9 Å².